The van der Waals surface area contributed by atoms with Crippen molar-refractivity contribution in [2.75, 3.05) is 13.1 Å². The van der Waals surface area contributed by atoms with Gasteiger partial charge in [0, 0.05) is 48.5 Å². The minimum absolute atomic E-state index is 0.0106. The third-order valence-electron chi connectivity index (χ3n) is 8.47. The number of nitrogens with two attached hydrogens (primary N) is 1. The Hall–Kier alpha value is -5.38. The molecule has 5 aromatic rings. The van der Waals surface area contributed by atoms with E-state index in [4.69, 9.17) is 31.0 Å². The number of likely N-dealkylation sites (tertiary alicyclic amines) is 1. The van der Waals surface area contributed by atoms with Gasteiger partial charge in [0.1, 0.15) is 24.4 Å². The molecule has 1 aliphatic heterocycles. The fourth-order valence-corrected chi connectivity index (χ4v) is 6.16. The van der Waals surface area contributed by atoms with E-state index >= 15 is 0 Å². The third kappa shape index (κ3) is 5.66. The lowest BCUT2D eigenvalue weighted by Gasteiger charge is -2.33. The molecule has 230 valence electrons. The summed E-state index contributed by atoms with van der Waals surface area (Å²) in [4.78, 5) is 18.6. The SMILES string of the molecule is CC(=N)N1CCC(Oc2cc3c(nc(C)n3-c3ccc(C(=N)N)c4ccccc34)c(C)c2OCc2cccc(C(=O)O)c2)CC1. The topological polar surface area (TPSA) is 151 Å². The van der Waals surface area contributed by atoms with Crippen molar-refractivity contribution in [1.82, 2.24) is 14.5 Å². The zero-order valence-electron chi connectivity index (χ0n) is 25.6. The number of benzene rings is 4. The fraction of sp³-hybridized carbons (Fsp3) is 0.257. The Morgan fingerprint density at radius 1 is 1.02 bits per heavy atom. The molecule has 0 unspecified atom stereocenters. The molecule has 1 fully saturated rings. The van der Waals surface area contributed by atoms with E-state index in [1.54, 1.807) is 25.1 Å². The van der Waals surface area contributed by atoms with Gasteiger partial charge < -0.3 is 25.2 Å². The van der Waals surface area contributed by atoms with Crippen LogP contribution in [0.4, 0.5) is 0 Å². The summed E-state index contributed by atoms with van der Waals surface area (Å²) >= 11 is 0. The first-order valence-corrected chi connectivity index (χ1v) is 14.9. The smallest absolute Gasteiger partial charge is 0.335 e. The highest BCUT2D eigenvalue weighted by molar-refractivity contribution is 6.10. The Morgan fingerprint density at radius 2 is 1.76 bits per heavy atom. The van der Waals surface area contributed by atoms with Crippen molar-refractivity contribution in [1.29, 1.82) is 10.8 Å². The lowest BCUT2D eigenvalue weighted by molar-refractivity contribution is 0.0696. The molecule has 4 aromatic carbocycles. The molecular weight excluding hydrogens is 568 g/mol. The van der Waals surface area contributed by atoms with Crippen LogP contribution in [0.25, 0.3) is 27.5 Å². The number of rotatable bonds is 8. The summed E-state index contributed by atoms with van der Waals surface area (Å²) in [6.45, 7) is 7.37. The maximum absolute atomic E-state index is 11.5. The first kappa shape index (κ1) is 29.7. The summed E-state index contributed by atoms with van der Waals surface area (Å²) in [7, 11) is 0. The Kier molecular flexibility index (Phi) is 7.88. The van der Waals surface area contributed by atoms with E-state index in [2.05, 4.69) is 9.47 Å². The molecule has 0 atom stereocenters. The number of aromatic nitrogens is 2. The van der Waals surface area contributed by atoms with Crippen LogP contribution >= 0.6 is 0 Å². The zero-order valence-corrected chi connectivity index (χ0v) is 25.6. The molecule has 5 N–H and O–H groups in total. The van der Waals surface area contributed by atoms with Crippen LogP contribution < -0.4 is 15.2 Å². The number of hydrogen-bond acceptors (Lipinski definition) is 6. The van der Waals surface area contributed by atoms with E-state index in [0.717, 1.165) is 70.4 Å². The van der Waals surface area contributed by atoms with Crippen molar-refractivity contribution in [3.05, 3.63) is 94.8 Å². The minimum atomic E-state index is -0.991. The molecule has 0 bridgehead atoms. The number of carboxylic acids is 1. The zero-order chi connectivity index (χ0) is 31.8. The molecule has 45 heavy (non-hydrogen) atoms. The van der Waals surface area contributed by atoms with Crippen LogP contribution in [0.1, 0.15) is 52.6 Å². The van der Waals surface area contributed by atoms with Crippen LogP contribution in [0.15, 0.2) is 66.7 Å². The van der Waals surface area contributed by atoms with Gasteiger partial charge in [0.05, 0.1) is 28.1 Å². The van der Waals surface area contributed by atoms with Crippen LogP contribution in [0.2, 0.25) is 0 Å². The van der Waals surface area contributed by atoms with Gasteiger partial charge in [-0.2, -0.15) is 0 Å². The van der Waals surface area contributed by atoms with E-state index in [0.29, 0.717) is 22.9 Å². The molecule has 0 saturated carbocycles. The second-order valence-electron chi connectivity index (χ2n) is 11.5. The lowest BCUT2D eigenvalue weighted by Crippen LogP contribution is -2.40. The van der Waals surface area contributed by atoms with Crippen molar-refractivity contribution in [3.63, 3.8) is 0 Å². The summed E-state index contributed by atoms with van der Waals surface area (Å²) in [6.07, 6.45) is 1.47. The minimum Gasteiger partial charge on any atom is -0.486 e. The van der Waals surface area contributed by atoms with E-state index in [9.17, 15) is 9.90 Å². The van der Waals surface area contributed by atoms with E-state index in [1.165, 1.54) is 0 Å². The van der Waals surface area contributed by atoms with Crippen LogP contribution in [0.5, 0.6) is 11.5 Å². The molecule has 1 saturated heterocycles. The molecule has 10 heteroatoms. The largest absolute Gasteiger partial charge is 0.486 e. The van der Waals surface area contributed by atoms with Crippen molar-refractivity contribution >= 4 is 39.4 Å². The van der Waals surface area contributed by atoms with E-state index in [-0.39, 0.29) is 24.1 Å². The number of nitrogens with zero attached hydrogens (tertiary/aromatic N) is 3. The molecule has 10 nitrogen and oxygen atoms in total. The van der Waals surface area contributed by atoms with Gasteiger partial charge in [-0.3, -0.25) is 15.4 Å². The standard InChI is InChI=1S/C35H36N6O4/c1-20-32-30(41(22(3)39-32)29-12-11-28(34(37)38)26-9-4-5-10-27(26)29)18-31(45-25-13-15-40(16-14-25)21(2)36)33(20)44-19-23-7-6-8-24(17-23)35(42)43/h4-12,17-18,25,36H,13-16,19H2,1-3H3,(H3,37,38)(H,42,43). The normalized spacial score (nSPS) is 13.7. The highest BCUT2D eigenvalue weighted by Gasteiger charge is 2.26. The number of aryl methyl sites for hydroxylation is 2. The summed E-state index contributed by atoms with van der Waals surface area (Å²) in [5.74, 6) is 1.51. The summed E-state index contributed by atoms with van der Waals surface area (Å²) < 4.78 is 15.2. The highest BCUT2D eigenvalue weighted by atomic mass is 16.5. The van der Waals surface area contributed by atoms with Gasteiger partial charge in [0.2, 0.25) is 0 Å². The number of carbonyl (C=O) groups is 1. The number of nitrogen functional groups attached to an aromatic ring is 1. The van der Waals surface area contributed by atoms with Crippen molar-refractivity contribution in [2.24, 2.45) is 5.73 Å². The second kappa shape index (κ2) is 12.0. The van der Waals surface area contributed by atoms with Gasteiger partial charge in [-0.25, -0.2) is 9.78 Å². The van der Waals surface area contributed by atoms with Gasteiger partial charge in [-0.15, -0.1) is 0 Å². The molecule has 6 rings (SSSR count). The number of hydrogen-bond donors (Lipinski definition) is 4. The Balaban J connectivity index is 1.46. The van der Waals surface area contributed by atoms with Gasteiger partial charge in [-0.1, -0.05) is 36.4 Å². The van der Waals surface area contributed by atoms with Crippen LogP contribution in [0.3, 0.4) is 0 Å². The van der Waals surface area contributed by atoms with Gasteiger partial charge in [0.25, 0.3) is 0 Å². The summed E-state index contributed by atoms with van der Waals surface area (Å²) in [5, 5.41) is 27.4. The lowest BCUT2D eigenvalue weighted by atomic mass is 10.0. The van der Waals surface area contributed by atoms with Crippen molar-refractivity contribution in [2.45, 2.75) is 46.3 Å². The maximum Gasteiger partial charge on any atom is 0.335 e. The number of ether oxygens (including phenoxy) is 2. The number of nitrogens with one attached hydrogen (secondary N) is 2. The first-order valence-electron chi connectivity index (χ1n) is 14.9. The van der Waals surface area contributed by atoms with Crippen LogP contribution in [-0.4, -0.2) is 56.4 Å². The van der Waals surface area contributed by atoms with Gasteiger partial charge in [0.15, 0.2) is 11.5 Å². The number of imidazole rings is 1. The molecule has 2 heterocycles. The molecule has 0 aliphatic carbocycles. The molecular formula is C35H36N6O4. The Bertz CT molecular complexity index is 1970. The predicted molar refractivity (Wildman–Crippen MR) is 175 cm³/mol. The number of amidine groups is 2. The average molecular weight is 605 g/mol. The maximum atomic E-state index is 11.5. The third-order valence-corrected chi connectivity index (χ3v) is 8.47. The second-order valence-corrected chi connectivity index (χ2v) is 11.5. The molecule has 0 amide bonds. The summed E-state index contributed by atoms with van der Waals surface area (Å²) in [6, 6.07) is 20.4. The number of piperidine rings is 1. The monoisotopic (exact) mass is 604 g/mol. The number of carboxylic acid groups (broad SMARTS) is 1. The highest BCUT2D eigenvalue weighted by Crippen LogP contribution is 2.41. The fourth-order valence-electron chi connectivity index (χ4n) is 6.16. The average Bonchev–Trinajstić information content (AvgIpc) is 3.36. The number of aromatic carboxylic acids is 1. The number of fused-ring (bicyclic) bond motifs is 2. The van der Waals surface area contributed by atoms with Crippen molar-refractivity contribution < 1.29 is 19.4 Å². The molecule has 0 radical (unpaired) electrons. The molecule has 1 aliphatic rings. The van der Waals surface area contributed by atoms with E-state index in [1.807, 2.05) is 62.4 Å². The van der Waals surface area contributed by atoms with Gasteiger partial charge in [-0.05, 0) is 56.0 Å². The molecule has 1 aromatic heterocycles. The Morgan fingerprint density at radius 3 is 2.44 bits per heavy atom. The predicted octanol–water partition coefficient (Wildman–Crippen LogP) is 6.20. The van der Waals surface area contributed by atoms with Gasteiger partial charge >= 0.3 is 5.97 Å². The summed E-state index contributed by atoms with van der Waals surface area (Å²) in [5.41, 5.74) is 10.9. The first-order chi connectivity index (χ1) is 21.6. The van der Waals surface area contributed by atoms with E-state index < -0.39 is 5.97 Å². The molecule has 0 spiro atoms. The van der Waals surface area contributed by atoms with Crippen molar-refractivity contribution in [3.8, 4) is 17.2 Å². The van der Waals surface area contributed by atoms with Crippen LogP contribution in [0, 0.1) is 24.7 Å². The van der Waals surface area contributed by atoms with Crippen LogP contribution in [-0.2, 0) is 6.61 Å². The quantitative estimate of drug-likeness (QED) is 0.122. The Labute approximate surface area is 261 Å².